The molecule has 0 aliphatic carbocycles. The van der Waals surface area contributed by atoms with E-state index in [9.17, 15) is 14.4 Å². The number of aromatic nitrogens is 2. The van der Waals surface area contributed by atoms with Gasteiger partial charge < -0.3 is 23.9 Å². The molecular weight excluding hydrogens is 472 g/mol. The van der Waals surface area contributed by atoms with Gasteiger partial charge in [0.15, 0.2) is 0 Å². The van der Waals surface area contributed by atoms with Crippen molar-refractivity contribution in [2.45, 2.75) is 25.6 Å². The number of aryl methyl sites for hydroxylation is 1. The van der Waals surface area contributed by atoms with Crippen LogP contribution in [0.15, 0.2) is 48.5 Å². The molecule has 3 amide bonds. The lowest BCUT2D eigenvalue weighted by Gasteiger charge is -2.24. The average molecular weight is 497 g/mol. The fourth-order valence-corrected chi connectivity index (χ4v) is 6.07. The van der Waals surface area contributed by atoms with Crippen LogP contribution in [0.1, 0.15) is 27.1 Å². The number of hydrogen-bond acceptors (Lipinski definition) is 5. The minimum absolute atomic E-state index is 0.361. The van der Waals surface area contributed by atoms with E-state index in [1.54, 1.807) is 7.11 Å². The molecule has 2 aliphatic heterocycles. The molecule has 0 fully saturated rings. The van der Waals surface area contributed by atoms with Crippen molar-refractivity contribution < 1.29 is 23.9 Å². The Morgan fingerprint density at radius 1 is 0.946 bits per heavy atom. The second kappa shape index (κ2) is 8.07. The highest BCUT2D eigenvalue weighted by atomic mass is 16.6. The quantitative estimate of drug-likeness (QED) is 0.290. The number of alkyl carbamates (subject to hydrolysis) is 1. The molecule has 37 heavy (non-hydrogen) atoms. The first kappa shape index (κ1) is 21.9. The number of rotatable bonds is 4. The zero-order valence-corrected chi connectivity index (χ0v) is 20.2. The van der Waals surface area contributed by atoms with Gasteiger partial charge in [0.1, 0.15) is 6.10 Å². The molecule has 4 heterocycles. The van der Waals surface area contributed by atoms with Crippen LogP contribution in [0.5, 0.6) is 0 Å². The van der Waals surface area contributed by atoms with Gasteiger partial charge in [-0.3, -0.25) is 14.9 Å². The molecule has 0 bridgehead atoms. The van der Waals surface area contributed by atoms with E-state index < -0.39 is 12.2 Å². The van der Waals surface area contributed by atoms with Gasteiger partial charge in [-0.2, -0.15) is 0 Å². The zero-order valence-electron chi connectivity index (χ0n) is 20.2. The van der Waals surface area contributed by atoms with Crippen molar-refractivity contribution in [2.75, 3.05) is 20.3 Å². The Labute approximate surface area is 210 Å². The predicted octanol–water partition coefficient (Wildman–Crippen LogP) is 3.93. The van der Waals surface area contributed by atoms with Crippen LogP contribution in [0.4, 0.5) is 4.79 Å². The fourth-order valence-electron chi connectivity index (χ4n) is 6.07. The Morgan fingerprint density at radius 2 is 1.54 bits per heavy atom. The zero-order chi connectivity index (χ0) is 25.3. The third-order valence-electron chi connectivity index (χ3n) is 7.51. The highest BCUT2D eigenvalue weighted by molar-refractivity contribution is 6.39. The highest BCUT2D eigenvalue weighted by Gasteiger charge is 2.37. The summed E-state index contributed by atoms with van der Waals surface area (Å²) in [6.45, 7) is 1.77. The molecule has 7 rings (SSSR count). The maximum Gasteiger partial charge on any atom is 0.407 e. The summed E-state index contributed by atoms with van der Waals surface area (Å²) in [5, 5.41) is 8.65. The molecule has 0 radical (unpaired) electrons. The van der Waals surface area contributed by atoms with Crippen LogP contribution in [0.3, 0.4) is 0 Å². The Balaban J connectivity index is 1.55. The van der Waals surface area contributed by atoms with Crippen molar-refractivity contribution in [1.82, 2.24) is 19.8 Å². The van der Waals surface area contributed by atoms with E-state index in [0.717, 1.165) is 43.6 Å². The first-order valence-corrected chi connectivity index (χ1v) is 12.4. The molecule has 2 aromatic heterocycles. The van der Waals surface area contributed by atoms with Crippen molar-refractivity contribution in [3.8, 4) is 0 Å². The van der Waals surface area contributed by atoms with Crippen LogP contribution in [-0.2, 0) is 22.6 Å². The third kappa shape index (κ3) is 3.04. The molecule has 1 unspecified atom stereocenters. The lowest BCUT2D eigenvalue weighted by molar-refractivity contribution is 0.0786. The van der Waals surface area contributed by atoms with Gasteiger partial charge in [0, 0.05) is 59.2 Å². The first-order chi connectivity index (χ1) is 18.1. The number of benzene rings is 3. The number of carbonyl (C=O) groups excluding carboxylic acids is 3. The maximum atomic E-state index is 13.2. The number of nitrogens with one attached hydrogen (secondary N) is 2. The third-order valence-corrected chi connectivity index (χ3v) is 7.51. The van der Waals surface area contributed by atoms with Crippen LogP contribution in [-0.4, -0.2) is 53.4 Å². The van der Waals surface area contributed by atoms with E-state index in [1.165, 1.54) is 0 Å². The summed E-state index contributed by atoms with van der Waals surface area (Å²) < 4.78 is 15.2. The highest BCUT2D eigenvalue weighted by Crippen LogP contribution is 2.45. The number of imide groups is 1. The standard InChI is InChI=1S/C28H24N4O5/c1-36-13-11-29-28(35)37-15-10-12-31-18-8-4-2-6-16(18)20-22-23(27(34)30-26(22)33)21-17-7-3-5-9-19(17)32(14-15)25(21)24(20)31/h2-9,15H,10-14H2,1H3,(H,29,35)(H,30,33,34). The summed E-state index contributed by atoms with van der Waals surface area (Å²) in [6.07, 6.45) is -0.312. The Kier molecular flexibility index (Phi) is 4.77. The van der Waals surface area contributed by atoms with E-state index in [2.05, 4.69) is 19.8 Å². The summed E-state index contributed by atoms with van der Waals surface area (Å²) in [5.74, 6) is -0.744. The van der Waals surface area contributed by atoms with Gasteiger partial charge in [-0.05, 0) is 12.1 Å². The summed E-state index contributed by atoms with van der Waals surface area (Å²) in [7, 11) is 1.58. The molecule has 1 atom stereocenters. The number of hydrogen-bond donors (Lipinski definition) is 2. The monoisotopic (exact) mass is 496 g/mol. The minimum atomic E-state index is -0.489. The normalized spacial score (nSPS) is 16.9. The Hall–Kier alpha value is -4.37. The van der Waals surface area contributed by atoms with Gasteiger partial charge in [0.05, 0.1) is 35.3 Å². The van der Waals surface area contributed by atoms with E-state index in [4.69, 9.17) is 9.47 Å². The lowest BCUT2D eigenvalue weighted by Crippen LogP contribution is -2.34. The van der Waals surface area contributed by atoms with Crippen molar-refractivity contribution in [3.63, 3.8) is 0 Å². The largest absolute Gasteiger partial charge is 0.444 e. The molecule has 3 aromatic carbocycles. The van der Waals surface area contributed by atoms with Gasteiger partial charge in [0.2, 0.25) is 0 Å². The molecule has 5 aromatic rings. The van der Waals surface area contributed by atoms with Crippen molar-refractivity contribution >= 4 is 61.5 Å². The number of para-hydroxylation sites is 2. The van der Waals surface area contributed by atoms with E-state index in [0.29, 0.717) is 43.8 Å². The summed E-state index contributed by atoms with van der Waals surface area (Å²) >= 11 is 0. The number of amides is 3. The number of fused-ring (bicyclic) bond motifs is 9. The topological polar surface area (TPSA) is 104 Å². The van der Waals surface area contributed by atoms with Crippen LogP contribution < -0.4 is 10.6 Å². The fraction of sp³-hybridized carbons (Fsp3) is 0.250. The average Bonchev–Trinajstić information content (AvgIpc) is 3.49. The second-order valence-corrected chi connectivity index (χ2v) is 9.51. The summed E-state index contributed by atoms with van der Waals surface area (Å²) in [6, 6.07) is 15.8. The van der Waals surface area contributed by atoms with Gasteiger partial charge in [-0.25, -0.2) is 4.79 Å². The molecule has 2 aliphatic rings. The number of nitrogens with zero attached hydrogens (tertiary/aromatic N) is 2. The maximum absolute atomic E-state index is 13.2. The molecule has 9 nitrogen and oxygen atoms in total. The van der Waals surface area contributed by atoms with Crippen LogP contribution in [0.2, 0.25) is 0 Å². The van der Waals surface area contributed by atoms with E-state index in [-0.39, 0.29) is 11.8 Å². The lowest BCUT2D eigenvalue weighted by atomic mass is 9.96. The van der Waals surface area contributed by atoms with E-state index in [1.807, 2.05) is 48.5 Å². The van der Waals surface area contributed by atoms with Gasteiger partial charge in [0.25, 0.3) is 11.8 Å². The van der Waals surface area contributed by atoms with Crippen LogP contribution in [0, 0.1) is 0 Å². The first-order valence-electron chi connectivity index (χ1n) is 12.4. The summed E-state index contributed by atoms with van der Waals surface area (Å²) in [5.41, 5.74) is 4.56. The molecule has 0 saturated carbocycles. The Bertz CT molecular complexity index is 1800. The van der Waals surface area contributed by atoms with Gasteiger partial charge in [-0.1, -0.05) is 36.4 Å². The minimum Gasteiger partial charge on any atom is -0.444 e. The van der Waals surface area contributed by atoms with Crippen molar-refractivity contribution in [1.29, 1.82) is 0 Å². The molecular formula is C28H24N4O5. The molecule has 186 valence electrons. The van der Waals surface area contributed by atoms with E-state index >= 15 is 0 Å². The molecule has 0 spiro atoms. The molecule has 0 saturated heterocycles. The van der Waals surface area contributed by atoms with Crippen molar-refractivity contribution in [3.05, 3.63) is 59.7 Å². The van der Waals surface area contributed by atoms with Crippen molar-refractivity contribution in [2.24, 2.45) is 0 Å². The molecule has 2 N–H and O–H groups in total. The number of methoxy groups -OCH3 is 1. The van der Waals surface area contributed by atoms with Gasteiger partial charge in [-0.15, -0.1) is 0 Å². The summed E-state index contributed by atoms with van der Waals surface area (Å²) in [4.78, 5) is 38.9. The number of ether oxygens (including phenoxy) is 2. The van der Waals surface area contributed by atoms with Crippen LogP contribution in [0.25, 0.3) is 43.6 Å². The smallest absolute Gasteiger partial charge is 0.407 e. The Morgan fingerprint density at radius 3 is 2.19 bits per heavy atom. The number of carbonyl (C=O) groups is 3. The SMILES string of the molecule is COCCNC(=O)OC1CCn2c3ccccc3c3c4c(c5c6ccccc6n(c5c32)C1)C(=O)NC4=O. The van der Waals surface area contributed by atoms with Crippen LogP contribution >= 0.6 is 0 Å². The second-order valence-electron chi connectivity index (χ2n) is 9.51. The predicted molar refractivity (Wildman–Crippen MR) is 139 cm³/mol. The molecule has 9 heteroatoms. The van der Waals surface area contributed by atoms with Gasteiger partial charge >= 0.3 is 6.09 Å².